The maximum atomic E-state index is 7.02. The van der Waals surface area contributed by atoms with E-state index in [0.29, 0.717) is 11.5 Å². The molecule has 2 aliphatic rings. The van der Waals surface area contributed by atoms with Gasteiger partial charge < -0.3 is 19.1 Å². The third-order valence-electron chi connectivity index (χ3n) is 16.5. The maximum Gasteiger partial charge on any atom is 0.0752 e. The molecule has 3 aromatic heterocycles. The SMILES string of the molecule is CC(C)(C)c1cc(Oc2[c-]c3c(cc2)c2cc(-n4c5ccccc5c5ccccc54)cc4c2c2c(cnn32)C(C)(C)C4(C)C)[c-]c(N2[CH-]N(c3c(-c4ccccc4)cccc3-c3ccccc3)c3ccccc32)c1.[Pt]. The van der Waals surface area contributed by atoms with Gasteiger partial charge in [0.15, 0.2) is 0 Å². The van der Waals surface area contributed by atoms with Gasteiger partial charge in [0.2, 0.25) is 0 Å². The molecule has 9 aromatic carbocycles. The van der Waals surface area contributed by atoms with Crippen molar-refractivity contribution < 1.29 is 25.8 Å². The molecule has 0 saturated heterocycles. The van der Waals surface area contributed by atoms with Crippen molar-refractivity contribution in [1.82, 2.24) is 14.2 Å². The van der Waals surface area contributed by atoms with Gasteiger partial charge in [0.25, 0.3) is 0 Å². The van der Waals surface area contributed by atoms with E-state index in [1.165, 1.54) is 43.7 Å². The Morgan fingerprint density at radius 2 is 1.12 bits per heavy atom. The van der Waals surface area contributed by atoms with Crippen LogP contribution in [0.25, 0.3) is 76.9 Å². The molecule has 0 N–H and O–H groups in total. The third-order valence-corrected chi connectivity index (χ3v) is 16.5. The topological polar surface area (TPSA) is 37.9 Å². The van der Waals surface area contributed by atoms with E-state index >= 15 is 0 Å². The molecular formula is C68H54N5OPt-3. The van der Waals surface area contributed by atoms with E-state index in [-0.39, 0.29) is 37.3 Å². The van der Waals surface area contributed by atoms with Crippen molar-refractivity contribution in [3.63, 3.8) is 0 Å². The fourth-order valence-corrected chi connectivity index (χ4v) is 12.0. The van der Waals surface area contributed by atoms with Crippen LogP contribution in [0.2, 0.25) is 0 Å². The minimum absolute atomic E-state index is 0. The van der Waals surface area contributed by atoms with Gasteiger partial charge >= 0.3 is 0 Å². The van der Waals surface area contributed by atoms with Crippen LogP contribution in [0.4, 0.5) is 22.7 Å². The summed E-state index contributed by atoms with van der Waals surface area (Å²) < 4.78 is 11.6. The van der Waals surface area contributed by atoms with Crippen LogP contribution in [0.5, 0.6) is 11.5 Å². The molecule has 7 heteroatoms. The average Bonchev–Trinajstić information content (AvgIpc) is 4.14. The first kappa shape index (κ1) is 46.8. The average molecular weight is 1150 g/mol. The van der Waals surface area contributed by atoms with E-state index in [9.17, 15) is 0 Å². The van der Waals surface area contributed by atoms with Crippen LogP contribution in [0.15, 0.2) is 194 Å². The molecule has 1 aliphatic heterocycles. The Morgan fingerprint density at radius 3 is 1.76 bits per heavy atom. The summed E-state index contributed by atoms with van der Waals surface area (Å²) in [5, 5.41) is 11.2. The zero-order valence-electron chi connectivity index (χ0n) is 43.0. The Balaban J connectivity index is 0.00000541. The predicted octanol–water partition coefficient (Wildman–Crippen LogP) is 17.7. The zero-order chi connectivity index (χ0) is 50.3. The van der Waals surface area contributed by atoms with Crippen molar-refractivity contribution in [2.24, 2.45) is 0 Å². The van der Waals surface area contributed by atoms with Gasteiger partial charge in [0.1, 0.15) is 0 Å². The molecule has 0 bridgehead atoms. The molecule has 1 aliphatic carbocycles. The van der Waals surface area contributed by atoms with Crippen LogP contribution in [0.3, 0.4) is 0 Å². The van der Waals surface area contributed by atoms with E-state index in [1.807, 2.05) is 0 Å². The second-order valence-electron chi connectivity index (χ2n) is 22.2. The molecule has 0 spiro atoms. The van der Waals surface area contributed by atoms with E-state index < -0.39 is 0 Å². The molecule has 0 fully saturated rings. The molecule has 0 atom stereocenters. The van der Waals surface area contributed by atoms with E-state index in [2.05, 4.69) is 280 Å². The number of rotatable bonds is 7. The number of pyridine rings is 1. The summed E-state index contributed by atoms with van der Waals surface area (Å²) in [5.74, 6) is 1.20. The number of aromatic nitrogens is 3. The first-order chi connectivity index (χ1) is 35.8. The van der Waals surface area contributed by atoms with Crippen LogP contribution >= 0.6 is 0 Å². The summed E-state index contributed by atoms with van der Waals surface area (Å²) in [6.07, 6.45) is 2.09. The van der Waals surface area contributed by atoms with Gasteiger partial charge in [-0.25, -0.2) is 0 Å². The smallest absolute Gasteiger partial charge is 0.0752 e. The van der Waals surface area contributed by atoms with E-state index in [0.717, 1.165) is 72.7 Å². The van der Waals surface area contributed by atoms with E-state index in [4.69, 9.17) is 9.84 Å². The minimum Gasteiger partial charge on any atom is -0.509 e. The van der Waals surface area contributed by atoms with Gasteiger partial charge in [0.05, 0.1) is 22.7 Å². The van der Waals surface area contributed by atoms with Crippen LogP contribution in [-0.2, 0) is 37.3 Å². The molecule has 4 heterocycles. The quantitative estimate of drug-likeness (QED) is 0.118. The van der Waals surface area contributed by atoms with Crippen LogP contribution in [-0.4, -0.2) is 14.2 Å². The van der Waals surface area contributed by atoms with Gasteiger partial charge in [-0.2, -0.15) is 11.2 Å². The summed E-state index contributed by atoms with van der Waals surface area (Å²) in [6.45, 7) is 18.5. The molecule has 370 valence electrons. The van der Waals surface area contributed by atoms with Crippen LogP contribution in [0.1, 0.15) is 65.2 Å². The summed E-state index contributed by atoms with van der Waals surface area (Å²) in [6, 6.07) is 75.2. The molecule has 6 nitrogen and oxygen atoms in total. The fraction of sp³-hybridized carbons (Fsp3) is 0.147. The number of fused-ring (bicyclic) bond motifs is 7. The first-order valence-corrected chi connectivity index (χ1v) is 25.7. The molecule has 0 saturated carbocycles. The Hall–Kier alpha value is -7.92. The number of para-hydroxylation sites is 5. The Labute approximate surface area is 452 Å². The van der Waals surface area contributed by atoms with Gasteiger partial charge in [-0.1, -0.05) is 181 Å². The number of nitrogens with zero attached hydrogens (tertiary/aromatic N) is 5. The Morgan fingerprint density at radius 1 is 0.533 bits per heavy atom. The van der Waals surface area contributed by atoms with Crippen LogP contribution < -0.4 is 14.5 Å². The standard InChI is InChI=1S/C68H54N5O.Pt/c1-66(2,3)45-35-46(70-42-71(61-32-19-18-31-60(61)70)64-50(43-21-10-8-11-22-43)27-20-28-51(64)44-23-12-9-13-24-44)37-49(36-45)74-48-33-34-54-55-38-47(72-58-29-16-14-25-52(58)53-26-15-17-30-59(53)72)39-56-63(55)65-57(68(6,7)67(56,4)5)41-69-73(65)62(54)40-48;/h8-36,38-39,41-42H,1-7H3;/q-3;. The monoisotopic (exact) mass is 1150 g/mol. The van der Waals surface area contributed by atoms with Gasteiger partial charge in [-0.05, 0) is 69.4 Å². The number of benzene rings is 9. The summed E-state index contributed by atoms with van der Waals surface area (Å²) >= 11 is 0. The molecule has 0 amide bonds. The Bertz CT molecular complexity index is 4150. The second-order valence-corrected chi connectivity index (χ2v) is 22.2. The van der Waals surface area contributed by atoms with Gasteiger partial charge in [-0.3, -0.25) is 4.52 Å². The summed E-state index contributed by atoms with van der Waals surface area (Å²) in [7, 11) is 0. The van der Waals surface area contributed by atoms with Crippen molar-refractivity contribution in [3.05, 3.63) is 230 Å². The fourth-order valence-electron chi connectivity index (χ4n) is 12.0. The number of anilines is 4. The molecule has 12 aromatic rings. The summed E-state index contributed by atoms with van der Waals surface area (Å²) in [5.41, 5.74) is 17.3. The van der Waals surface area contributed by atoms with Gasteiger partial charge in [-0.15, -0.1) is 53.6 Å². The molecule has 0 radical (unpaired) electrons. The maximum absolute atomic E-state index is 7.02. The molecular weight excluding hydrogens is 1100 g/mol. The molecule has 75 heavy (non-hydrogen) atoms. The van der Waals surface area contributed by atoms with Crippen molar-refractivity contribution >= 4 is 71.7 Å². The molecule has 14 rings (SSSR count). The predicted molar refractivity (Wildman–Crippen MR) is 306 cm³/mol. The number of ether oxygens (including phenoxy) is 1. The number of hydrogen-bond acceptors (Lipinski definition) is 4. The van der Waals surface area contributed by atoms with Crippen molar-refractivity contribution in [3.8, 4) is 39.4 Å². The van der Waals surface area contributed by atoms with Crippen molar-refractivity contribution in [1.29, 1.82) is 0 Å². The largest absolute Gasteiger partial charge is 0.509 e. The third kappa shape index (κ3) is 7.06. The Kier molecular flexibility index (Phi) is 10.7. The van der Waals surface area contributed by atoms with Crippen molar-refractivity contribution in [2.75, 3.05) is 9.80 Å². The van der Waals surface area contributed by atoms with Gasteiger partial charge in [0, 0.05) is 93.6 Å². The minimum atomic E-state index is -0.234. The zero-order valence-corrected chi connectivity index (χ0v) is 45.3. The second kappa shape index (κ2) is 17.1. The first-order valence-electron chi connectivity index (χ1n) is 25.7. The number of hydrogen-bond donors (Lipinski definition) is 0. The molecule has 0 unspecified atom stereocenters. The van der Waals surface area contributed by atoms with Crippen molar-refractivity contribution in [2.45, 2.75) is 64.7 Å². The van der Waals surface area contributed by atoms with E-state index in [1.54, 1.807) is 0 Å². The van der Waals surface area contributed by atoms with Crippen LogP contribution in [0, 0.1) is 18.8 Å². The summed E-state index contributed by atoms with van der Waals surface area (Å²) in [4.78, 5) is 4.60. The normalized spacial score (nSPS) is 14.6.